The number of hydrogen-bond donors (Lipinski definition) is 2. The molecule has 100 valence electrons. The highest BCUT2D eigenvalue weighted by molar-refractivity contribution is 7.09. The molecule has 0 aliphatic heterocycles. The molecule has 4 nitrogen and oxygen atoms in total. The van der Waals surface area contributed by atoms with Crippen LogP contribution in [0.4, 0.5) is 0 Å². The molecule has 0 bridgehead atoms. The summed E-state index contributed by atoms with van der Waals surface area (Å²) in [7, 11) is 1.75. The number of thiazole rings is 1. The molecule has 0 fully saturated rings. The van der Waals surface area contributed by atoms with Crippen molar-refractivity contribution in [1.82, 2.24) is 15.6 Å². The van der Waals surface area contributed by atoms with Crippen LogP contribution in [0, 0.1) is 0 Å². The number of nitrogens with zero attached hydrogens (tertiary/aromatic N) is 2. The zero-order valence-electron chi connectivity index (χ0n) is 11.6. The Morgan fingerprint density at radius 2 is 2.22 bits per heavy atom. The van der Waals surface area contributed by atoms with Crippen LogP contribution < -0.4 is 10.6 Å². The Hall–Kier alpha value is -1.36. The van der Waals surface area contributed by atoms with Crippen LogP contribution in [-0.2, 0) is 12.0 Å². The maximum absolute atomic E-state index is 4.62. The SMILES string of the molecule is C=CCNC(=NC)NCc1csc(C(C)(C)C)n1. The van der Waals surface area contributed by atoms with E-state index in [2.05, 4.69) is 53.3 Å². The van der Waals surface area contributed by atoms with Crippen LogP contribution in [0.5, 0.6) is 0 Å². The van der Waals surface area contributed by atoms with Gasteiger partial charge in [0.15, 0.2) is 5.96 Å². The minimum absolute atomic E-state index is 0.117. The van der Waals surface area contributed by atoms with Crippen molar-refractivity contribution < 1.29 is 0 Å². The van der Waals surface area contributed by atoms with Gasteiger partial charge in [-0.15, -0.1) is 17.9 Å². The van der Waals surface area contributed by atoms with E-state index in [-0.39, 0.29) is 5.41 Å². The molecule has 0 saturated carbocycles. The van der Waals surface area contributed by atoms with E-state index in [1.165, 1.54) is 0 Å². The number of aromatic nitrogens is 1. The van der Waals surface area contributed by atoms with Crippen LogP contribution in [0.1, 0.15) is 31.5 Å². The minimum atomic E-state index is 0.117. The molecule has 0 amide bonds. The normalized spacial score (nSPS) is 12.3. The van der Waals surface area contributed by atoms with Gasteiger partial charge in [0.1, 0.15) is 0 Å². The van der Waals surface area contributed by atoms with Gasteiger partial charge in [0.05, 0.1) is 17.2 Å². The number of hydrogen-bond acceptors (Lipinski definition) is 3. The van der Waals surface area contributed by atoms with Crippen LogP contribution in [0.3, 0.4) is 0 Å². The van der Waals surface area contributed by atoms with Crippen LogP contribution in [-0.4, -0.2) is 24.5 Å². The Morgan fingerprint density at radius 1 is 1.50 bits per heavy atom. The molecule has 18 heavy (non-hydrogen) atoms. The maximum Gasteiger partial charge on any atom is 0.191 e. The third-order valence-corrected chi connectivity index (χ3v) is 3.58. The quantitative estimate of drug-likeness (QED) is 0.499. The molecule has 0 unspecified atom stereocenters. The topological polar surface area (TPSA) is 49.3 Å². The van der Waals surface area contributed by atoms with Crippen molar-refractivity contribution in [3.8, 4) is 0 Å². The first-order valence-electron chi connectivity index (χ1n) is 5.97. The highest BCUT2D eigenvalue weighted by atomic mass is 32.1. The van der Waals surface area contributed by atoms with Gasteiger partial charge in [-0.05, 0) is 0 Å². The van der Waals surface area contributed by atoms with E-state index in [1.807, 2.05) is 0 Å². The third kappa shape index (κ3) is 4.49. The van der Waals surface area contributed by atoms with E-state index in [9.17, 15) is 0 Å². The smallest absolute Gasteiger partial charge is 0.191 e. The molecule has 2 N–H and O–H groups in total. The molecule has 1 rings (SSSR count). The standard InChI is InChI=1S/C13H22N4S/c1-6-7-15-12(14-5)16-8-10-9-18-11(17-10)13(2,3)4/h6,9H,1,7-8H2,2-5H3,(H2,14,15,16). The van der Waals surface area contributed by atoms with Crippen LogP contribution in [0.25, 0.3) is 0 Å². The Bertz CT molecular complexity index is 415. The van der Waals surface area contributed by atoms with Gasteiger partial charge in [-0.3, -0.25) is 4.99 Å². The van der Waals surface area contributed by atoms with Crippen molar-refractivity contribution in [3.05, 3.63) is 28.7 Å². The summed E-state index contributed by atoms with van der Waals surface area (Å²) in [5.74, 6) is 0.764. The van der Waals surface area contributed by atoms with Crippen molar-refractivity contribution in [2.45, 2.75) is 32.7 Å². The molecule has 0 saturated heterocycles. The van der Waals surface area contributed by atoms with Gasteiger partial charge in [-0.25, -0.2) is 4.98 Å². The molecule has 1 aromatic heterocycles. The monoisotopic (exact) mass is 266 g/mol. The van der Waals surface area contributed by atoms with Gasteiger partial charge in [-0.1, -0.05) is 26.8 Å². The first-order valence-corrected chi connectivity index (χ1v) is 6.85. The van der Waals surface area contributed by atoms with Crippen molar-refractivity contribution >= 4 is 17.3 Å². The summed E-state index contributed by atoms with van der Waals surface area (Å²) >= 11 is 1.71. The summed E-state index contributed by atoms with van der Waals surface area (Å²) in [6.07, 6.45) is 1.80. The Kier molecular flexibility index (Phi) is 5.34. The predicted molar refractivity (Wildman–Crippen MR) is 79.2 cm³/mol. The van der Waals surface area contributed by atoms with Crippen LogP contribution in [0.15, 0.2) is 23.0 Å². The largest absolute Gasteiger partial charge is 0.353 e. The number of rotatable bonds is 4. The third-order valence-electron chi connectivity index (χ3n) is 2.27. The van der Waals surface area contributed by atoms with Crippen molar-refractivity contribution in [3.63, 3.8) is 0 Å². The summed E-state index contributed by atoms with van der Waals surface area (Å²) < 4.78 is 0. The minimum Gasteiger partial charge on any atom is -0.353 e. The van der Waals surface area contributed by atoms with Gasteiger partial charge in [-0.2, -0.15) is 0 Å². The lowest BCUT2D eigenvalue weighted by molar-refractivity contribution is 0.582. The summed E-state index contributed by atoms with van der Waals surface area (Å²) in [6.45, 7) is 11.6. The van der Waals surface area contributed by atoms with Crippen LogP contribution >= 0.6 is 11.3 Å². The maximum atomic E-state index is 4.62. The second-order valence-corrected chi connectivity index (χ2v) is 5.85. The highest BCUT2D eigenvalue weighted by Gasteiger charge is 2.17. The van der Waals surface area contributed by atoms with E-state index in [4.69, 9.17) is 0 Å². The summed E-state index contributed by atoms with van der Waals surface area (Å²) in [4.78, 5) is 8.74. The second kappa shape index (κ2) is 6.54. The second-order valence-electron chi connectivity index (χ2n) is 4.99. The lowest BCUT2D eigenvalue weighted by Gasteiger charge is -2.13. The Morgan fingerprint density at radius 3 is 2.72 bits per heavy atom. The Balaban J connectivity index is 2.53. The molecular formula is C13H22N4S. The average Bonchev–Trinajstić information content (AvgIpc) is 2.78. The lowest BCUT2D eigenvalue weighted by atomic mass is 9.98. The predicted octanol–water partition coefficient (Wildman–Crippen LogP) is 2.29. The molecule has 0 aliphatic rings. The Labute approximate surface area is 113 Å². The van der Waals surface area contributed by atoms with Gasteiger partial charge in [0, 0.05) is 24.4 Å². The highest BCUT2D eigenvalue weighted by Crippen LogP contribution is 2.25. The zero-order valence-corrected chi connectivity index (χ0v) is 12.4. The number of guanidine groups is 1. The fourth-order valence-corrected chi connectivity index (χ4v) is 2.20. The molecule has 0 aliphatic carbocycles. The molecule has 0 aromatic carbocycles. The molecular weight excluding hydrogens is 244 g/mol. The van der Waals surface area contributed by atoms with Crippen LogP contribution in [0.2, 0.25) is 0 Å². The summed E-state index contributed by atoms with van der Waals surface area (Å²) in [5.41, 5.74) is 1.16. The van der Waals surface area contributed by atoms with E-state index < -0.39 is 0 Å². The summed E-state index contributed by atoms with van der Waals surface area (Å²) in [6, 6.07) is 0. The van der Waals surface area contributed by atoms with E-state index in [0.29, 0.717) is 13.1 Å². The molecule has 5 heteroatoms. The number of nitrogens with one attached hydrogen (secondary N) is 2. The molecule has 1 heterocycles. The molecule has 1 aromatic rings. The fourth-order valence-electron chi connectivity index (χ4n) is 1.30. The van der Waals surface area contributed by atoms with Gasteiger partial charge in [0.25, 0.3) is 0 Å². The molecule has 0 radical (unpaired) electrons. The fraction of sp³-hybridized carbons (Fsp3) is 0.538. The van der Waals surface area contributed by atoms with Crippen molar-refractivity contribution in [2.24, 2.45) is 4.99 Å². The zero-order chi connectivity index (χ0) is 13.6. The van der Waals surface area contributed by atoms with E-state index in [0.717, 1.165) is 16.7 Å². The van der Waals surface area contributed by atoms with Gasteiger partial charge < -0.3 is 10.6 Å². The first kappa shape index (κ1) is 14.7. The van der Waals surface area contributed by atoms with Crippen molar-refractivity contribution in [1.29, 1.82) is 0 Å². The molecule has 0 atom stereocenters. The van der Waals surface area contributed by atoms with Gasteiger partial charge in [0.2, 0.25) is 0 Å². The average molecular weight is 266 g/mol. The van der Waals surface area contributed by atoms with Gasteiger partial charge >= 0.3 is 0 Å². The molecule has 0 spiro atoms. The van der Waals surface area contributed by atoms with Crippen molar-refractivity contribution in [2.75, 3.05) is 13.6 Å². The lowest BCUT2D eigenvalue weighted by Crippen LogP contribution is -2.36. The summed E-state index contributed by atoms with van der Waals surface area (Å²) in [5, 5.41) is 9.60. The first-order chi connectivity index (χ1) is 8.47. The van der Waals surface area contributed by atoms with E-state index >= 15 is 0 Å². The number of aliphatic imine (C=N–C) groups is 1. The van der Waals surface area contributed by atoms with E-state index in [1.54, 1.807) is 24.5 Å².